The standard InChI is InChI=1S/C19H16N4OS2/c1-24-16-10-3-2-9-15(16)21-18-22-23-19(26-18)25-12-14-7-4-6-13-8-5-11-20-17(13)14/h2-11H,12H2,1H3,(H,21,22). The lowest BCUT2D eigenvalue weighted by Gasteiger charge is -2.07. The van der Waals surface area contributed by atoms with Gasteiger partial charge in [0.25, 0.3) is 0 Å². The summed E-state index contributed by atoms with van der Waals surface area (Å²) in [6.45, 7) is 0. The van der Waals surface area contributed by atoms with Gasteiger partial charge in [-0.25, -0.2) is 0 Å². The summed E-state index contributed by atoms with van der Waals surface area (Å²) in [6.07, 6.45) is 1.83. The Morgan fingerprint density at radius 2 is 1.92 bits per heavy atom. The molecule has 4 rings (SSSR count). The van der Waals surface area contributed by atoms with Gasteiger partial charge in [0.05, 0.1) is 18.3 Å². The molecule has 26 heavy (non-hydrogen) atoms. The van der Waals surface area contributed by atoms with Crippen LogP contribution in [0, 0.1) is 0 Å². The quantitative estimate of drug-likeness (QED) is 0.468. The largest absolute Gasteiger partial charge is 0.495 e. The van der Waals surface area contributed by atoms with Crippen LogP contribution in [-0.4, -0.2) is 22.3 Å². The maximum absolute atomic E-state index is 5.35. The zero-order chi connectivity index (χ0) is 17.8. The van der Waals surface area contributed by atoms with Gasteiger partial charge in [0.2, 0.25) is 5.13 Å². The van der Waals surface area contributed by atoms with Crippen LogP contribution in [0.25, 0.3) is 10.9 Å². The van der Waals surface area contributed by atoms with E-state index in [1.165, 1.54) is 16.9 Å². The first kappa shape index (κ1) is 16.8. The fraction of sp³-hybridized carbons (Fsp3) is 0.105. The summed E-state index contributed by atoms with van der Waals surface area (Å²) in [4.78, 5) is 4.50. The van der Waals surface area contributed by atoms with Crippen molar-refractivity contribution in [1.82, 2.24) is 15.2 Å². The summed E-state index contributed by atoms with van der Waals surface area (Å²) in [5.41, 5.74) is 3.11. The first-order chi connectivity index (χ1) is 12.8. The Morgan fingerprint density at radius 1 is 1.04 bits per heavy atom. The van der Waals surface area contributed by atoms with Crippen molar-refractivity contribution >= 4 is 44.8 Å². The molecule has 0 aliphatic carbocycles. The second kappa shape index (κ2) is 7.72. The van der Waals surface area contributed by atoms with E-state index in [2.05, 4.69) is 44.8 Å². The molecule has 7 heteroatoms. The van der Waals surface area contributed by atoms with Crippen LogP contribution in [0.3, 0.4) is 0 Å². The number of ether oxygens (including phenoxy) is 1. The SMILES string of the molecule is COc1ccccc1Nc1nnc(SCc2cccc3cccnc23)s1. The van der Waals surface area contributed by atoms with Gasteiger partial charge in [0.1, 0.15) is 5.75 Å². The Hall–Kier alpha value is -2.64. The fourth-order valence-electron chi connectivity index (χ4n) is 2.61. The van der Waals surface area contributed by atoms with E-state index in [1.807, 2.05) is 36.5 Å². The maximum Gasteiger partial charge on any atom is 0.210 e. The lowest BCUT2D eigenvalue weighted by atomic mass is 10.1. The number of methoxy groups -OCH3 is 1. The second-order valence-corrected chi connectivity index (χ2v) is 7.68. The molecule has 0 bridgehead atoms. The van der Waals surface area contributed by atoms with Gasteiger partial charge in [0, 0.05) is 17.3 Å². The number of nitrogens with one attached hydrogen (secondary N) is 1. The molecule has 2 aromatic heterocycles. The van der Waals surface area contributed by atoms with Crippen molar-refractivity contribution in [2.45, 2.75) is 10.1 Å². The summed E-state index contributed by atoms with van der Waals surface area (Å²) in [5, 5.41) is 13.7. The second-order valence-electron chi connectivity index (χ2n) is 5.48. The Bertz CT molecular complexity index is 1030. The molecule has 0 aliphatic rings. The lowest BCUT2D eigenvalue weighted by molar-refractivity contribution is 0.417. The molecule has 5 nitrogen and oxygen atoms in total. The van der Waals surface area contributed by atoms with E-state index >= 15 is 0 Å². The molecular formula is C19H16N4OS2. The van der Waals surface area contributed by atoms with Crippen LogP contribution in [0.5, 0.6) is 5.75 Å². The summed E-state index contributed by atoms with van der Waals surface area (Å²) in [5.74, 6) is 1.58. The van der Waals surface area contributed by atoms with Crippen molar-refractivity contribution in [2.75, 3.05) is 12.4 Å². The molecule has 2 aromatic carbocycles. The van der Waals surface area contributed by atoms with Gasteiger partial charge in [-0.1, -0.05) is 59.5 Å². The van der Waals surface area contributed by atoms with Gasteiger partial charge in [-0.2, -0.15) is 0 Å². The van der Waals surface area contributed by atoms with E-state index in [0.717, 1.165) is 37.6 Å². The molecule has 0 atom stereocenters. The van der Waals surface area contributed by atoms with Gasteiger partial charge >= 0.3 is 0 Å². The van der Waals surface area contributed by atoms with Crippen molar-refractivity contribution in [2.24, 2.45) is 0 Å². The number of pyridine rings is 1. The van der Waals surface area contributed by atoms with Crippen LogP contribution in [0.1, 0.15) is 5.56 Å². The van der Waals surface area contributed by atoms with Gasteiger partial charge in [0.15, 0.2) is 4.34 Å². The molecule has 2 heterocycles. The maximum atomic E-state index is 5.35. The molecule has 0 unspecified atom stereocenters. The number of para-hydroxylation sites is 3. The number of thioether (sulfide) groups is 1. The molecular weight excluding hydrogens is 364 g/mol. The fourth-order valence-corrected chi connectivity index (χ4v) is 4.35. The monoisotopic (exact) mass is 380 g/mol. The number of aromatic nitrogens is 3. The molecule has 0 fully saturated rings. The Kier molecular flexibility index (Phi) is 4.99. The number of benzene rings is 2. The van der Waals surface area contributed by atoms with E-state index in [9.17, 15) is 0 Å². The average molecular weight is 380 g/mol. The highest BCUT2D eigenvalue weighted by Gasteiger charge is 2.09. The van der Waals surface area contributed by atoms with Crippen molar-refractivity contribution in [3.8, 4) is 5.75 Å². The third kappa shape index (κ3) is 3.63. The zero-order valence-corrected chi connectivity index (χ0v) is 15.7. The van der Waals surface area contributed by atoms with E-state index < -0.39 is 0 Å². The van der Waals surface area contributed by atoms with Crippen LogP contribution >= 0.6 is 23.1 Å². The highest BCUT2D eigenvalue weighted by Crippen LogP contribution is 2.33. The summed E-state index contributed by atoms with van der Waals surface area (Å²) >= 11 is 3.19. The molecule has 130 valence electrons. The van der Waals surface area contributed by atoms with Crippen molar-refractivity contribution in [1.29, 1.82) is 0 Å². The highest BCUT2D eigenvalue weighted by atomic mass is 32.2. The van der Waals surface area contributed by atoms with Crippen molar-refractivity contribution < 1.29 is 4.74 Å². The van der Waals surface area contributed by atoms with Crippen molar-refractivity contribution in [3.63, 3.8) is 0 Å². The number of nitrogens with zero attached hydrogens (tertiary/aromatic N) is 3. The number of fused-ring (bicyclic) bond motifs is 1. The topological polar surface area (TPSA) is 59.9 Å². The first-order valence-corrected chi connectivity index (χ1v) is 9.82. The van der Waals surface area contributed by atoms with Gasteiger partial charge in [-0.05, 0) is 23.8 Å². The third-order valence-corrected chi connectivity index (χ3v) is 5.84. The lowest BCUT2D eigenvalue weighted by Crippen LogP contribution is -1.93. The van der Waals surface area contributed by atoms with Gasteiger partial charge in [-0.15, -0.1) is 10.2 Å². The minimum Gasteiger partial charge on any atom is -0.495 e. The van der Waals surface area contributed by atoms with Crippen LogP contribution in [0.4, 0.5) is 10.8 Å². The van der Waals surface area contributed by atoms with Gasteiger partial charge in [-0.3, -0.25) is 4.98 Å². The summed E-state index contributed by atoms with van der Waals surface area (Å²) in [7, 11) is 1.65. The molecule has 0 amide bonds. The zero-order valence-electron chi connectivity index (χ0n) is 14.0. The highest BCUT2D eigenvalue weighted by molar-refractivity contribution is 8.00. The number of hydrogen-bond donors (Lipinski definition) is 1. The number of hydrogen-bond acceptors (Lipinski definition) is 7. The van der Waals surface area contributed by atoms with Crippen LogP contribution < -0.4 is 10.1 Å². The van der Waals surface area contributed by atoms with E-state index in [4.69, 9.17) is 4.74 Å². The van der Waals surface area contributed by atoms with E-state index in [0.29, 0.717) is 0 Å². The molecule has 4 aromatic rings. The first-order valence-electron chi connectivity index (χ1n) is 8.02. The Labute approximate surface area is 159 Å². The smallest absolute Gasteiger partial charge is 0.210 e. The molecule has 0 saturated carbocycles. The van der Waals surface area contributed by atoms with Crippen LogP contribution in [0.2, 0.25) is 0 Å². The minimum absolute atomic E-state index is 0.744. The predicted octanol–water partition coefficient (Wildman–Crippen LogP) is 5.13. The molecule has 0 aliphatic heterocycles. The molecule has 0 radical (unpaired) electrons. The van der Waals surface area contributed by atoms with Crippen LogP contribution in [0.15, 0.2) is 65.1 Å². The molecule has 0 saturated heterocycles. The van der Waals surface area contributed by atoms with Crippen molar-refractivity contribution in [3.05, 3.63) is 66.4 Å². The van der Waals surface area contributed by atoms with E-state index in [-0.39, 0.29) is 0 Å². The summed E-state index contributed by atoms with van der Waals surface area (Å²) < 4.78 is 6.26. The van der Waals surface area contributed by atoms with Gasteiger partial charge < -0.3 is 10.1 Å². The van der Waals surface area contributed by atoms with Crippen LogP contribution in [-0.2, 0) is 5.75 Å². The summed E-state index contributed by atoms with van der Waals surface area (Å²) in [6, 6.07) is 18.0. The Balaban J connectivity index is 1.47. The normalized spacial score (nSPS) is 10.8. The number of anilines is 2. The molecule has 1 N–H and O–H groups in total. The predicted molar refractivity (Wildman–Crippen MR) is 107 cm³/mol. The molecule has 0 spiro atoms. The number of rotatable bonds is 6. The Morgan fingerprint density at radius 3 is 2.85 bits per heavy atom. The minimum atomic E-state index is 0.744. The average Bonchev–Trinajstić information content (AvgIpc) is 3.14. The third-order valence-electron chi connectivity index (χ3n) is 3.82. The van der Waals surface area contributed by atoms with E-state index in [1.54, 1.807) is 18.9 Å².